The van der Waals surface area contributed by atoms with Gasteiger partial charge in [-0.25, -0.2) is 0 Å². The molecule has 2 heterocycles. The molecule has 0 saturated carbocycles. The number of hydrogen-bond donors (Lipinski definition) is 1. The van der Waals surface area contributed by atoms with Crippen molar-refractivity contribution >= 4 is 63.2 Å². The molecule has 25 heavy (non-hydrogen) atoms. The van der Waals surface area contributed by atoms with E-state index in [1.54, 1.807) is 37.5 Å². The van der Waals surface area contributed by atoms with Crippen LogP contribution in [0.3, 0.4) is 0 Å². The molecule has 0 atom stereocenters. The van der Waals surface area contributed by atoms with Crippen molar-refractivity contribution in [2.24, 2.45) is 0 Å². The topological polar surface area (TPSA) is 58.6 Å². The van der Waals surface area contributed by atoms with Crippen molar-refractivity contribution in [3.63, 3.8) is 0 Å². The third-order valence-corrected chi connectivity index (χ3v) is 5.56. The molecule has 8 heteroatoms. The minimum Gasteiger partial charge on any atom is -0.497 e. The van der Waals surface area contributed by atoms with Crippen molar-refractivity contribution in [1.29, 1.82) is 0 Å². The number of benzene rings is 1. The Morgan fingerprint density at radius 3 is 2.72 bits per heavy atom. The number of amides is 2. The second-order valence-electron chi connectivity index (χ2n) is 5.06. The molecule has 3 rings (SSSR count). The van der Waals surface area contributed by atoms with E-state index in [1.165, 1.54) is 28.0 Å². The number of nitrogens with zero attached hydrogens (tertiary/aromatic N) is 1. The summed E-state index contributed by atoms with van der Waals surface area (Å²) in [7, 11) is 1.58. The molecule has 1 aliphatic heterocycles. The summed E-state index contributed by atoms with van der Waals surface area (Å²) in [5.74, 6) is 0.153. The van der Waals surface area contributed by atoms with Crippen LogP contribution in [0.25, 0.3) is 6.08 Å². The van der Waals surface area contributed by atoms with Crippen LogP contribution in [0.2, 0.25) is 0 Å². The van der Waals surface area contributed by atoms with Gasteiger partial charge in [-0.2, -0.15) is 0 Å². The fourth-order valence-electron chi connectivity index (χ4n) is 2.16. The van der Waals surface area contributed by atoms with E-state index in [9.17, 15) is 9.59 Å². The Kier molecular flexibility index (Phi) is 5.52. The molecule has 5 nitrogen and oxygen atoms in total. The largest absolute Gasteiger partial charge is 0.497 e. The van der Waals surface area contributed by atoms with Gasteiger partial charge in [-0.15, -0.1) is 11.3 Å². The molecule has 1 N–H and O–H groups in total. The third kappa shape index (κ3) is 4.28. The lowest BCUT2D eigenvalue weighted by Crippen LogP contribution is -2.36. The summed E-state index contributed by atoms with van der Waals surface area (Å²) < 4.78 is 5.46. The van der Waals surface area contributed by atoms with E-state index in [0.29, 0.717) is 20.7 Å². The van der Waals surface area contributed by atoms with Gasteiger partial charge in [0.25, 0.3) is 5.91 Å². The Labute approximate surface area is 158 Å². The molecule has 1 aliphatic rings. The van der Waals surface area contributed by atoms with Gasteiger partial charge in [-0.1, -0.05) is 30.0 Å². The normalized spacial score (nSPS) is 15.7. The molecule has 1 aromatic heterocycles. The fourth-order valence-corrected chi connectivity index (χ4v) is 4.14. The summed E-state index contributed by atoms with van der Waals surface area (Å²) in [4.78, 5) is 27.5. The van der Waals surface area contributed by atoms with Gasteiger partial charge in [0.1, 0.15) is 16.6 Å². The van der Waals surface area contributed by atoms with Crippen LogP contribution in [0.1, 0.15) is 4.88 Å². The number of nitrogens with one attached hydrogen (secondary N) is 1. The van der Waals surface area contributed by atoms with E-state index in [1.807, 2.05) is 17.5 Å². The monoisotopic (exact) mass is 390 g/mol. The molecular weight excluding hydrogens is 376 g/mol. The third-order valence-electron chi connectivity index (χ3n) is 3.37. The number of thiophene rings is 1. The molecule has 1 saturated heterocycles. The van der Waals surface area contributed by atoms with Crippen molar-refractivity contribution in [1.82, 2.24) is 4.90 Å². The van der Waals surface area contributed by atoms with E-state index in [0.717, 1.165) is 4.88 Å². The molecule has 128 valence electrons. The number of thioether (sulfide) groups is 1. The summed E-state index contributed by atoms with van der Waals surface area (Å²) in [6.45, 7) is -0.113. The van der Waals surface area contributed by atoms with Crippen molar-refractivity contribution in [2.45, 2.75) is 0 Å². The van der Waals surface area contributed by atoms with Gasteiger partial charge in [0, 0.05) is 10.6 Å². The van der Waals surface area contributed by atoms with Gasteiger partial charge in [0.05, 0.1) is 12.0 Å². The highest BCUT2D eigenvalue weighted by molar-refractivity contribution is 8.26. The number of carbonyl (C=O) groups is 2. The first-order valence-corrected chi connectivity index (χ1v) is 9.40. The van der Waals surface area contributed by atoms with Crippen LogP contribution in [-0.4, -0.2) is 34.7 Å². The number of anilines is 1. The van der Waals surface area contributed by atoms with Crippen LogP contribution in [0.15, 0.2) is 46.7 Å². The maximum Gasteiger partial charge on any atom is 0.266 e. The molecule has 0 aliphatic carbocycles. The molecule has 2 aromatic rings. The van der Waals surface area contributed by atoms with Gasteiger partial charge >= 0.3 is 0 Å². The molecule has 0 radical (unpaired) electrons. The van der Waals surface area contributed by atoms with Gasteiger partial charge in [0.15, 0.2) is 0 Å². The Balaban J connectivity index is 1.64. The Morgan fingerprint density at radius 1 is 1.32 bits per heavy atom. The molecule has 1 fully saturated rings. The summed E-state index contributed by atoms with van der Waals surface area (Å²) in [5, 5.41) is 4.69. The van der Waals surface area contributed by atoms with Gasteiger partial charge in [0.2, 0.25) is 5.91 Å². The highest BCUT2D eigenvalue weighted by Crippen LogP contribution is 2.33. The SMILES string of the molecule is COc1ccc(NC(=O)CN2C(=O)/C(=C\c3cccs3)SC2=S)cc1. The zero-order chi connectivity index (χ0) is 17.8. The lowest BCUT2D eigenvalue weighted by atomic mass is 10.3. The predicted molar refractivity (Wildman–Crippen MR) is 106 cm³/mol. The van der Waals surface area contributed by atoms with Crippen LogP contribution in [0.4, 0.5) is 5.69 Å². The molecule has 2 amide bonds. The molecule has 1 aromatic carbocycles. The number of carbonyl (C=O) groups excluding carboxylic acids is 2. The van der Waals surface area contributed by atoms with Crippen molar-refractivity contribution < 1.29 is 14.3 Å². The van der Waals surface area contributed by atoms with Crippen molar-refractivity contribution in [3.05, 3.63) is 51.6 Å². The number of methoxy groups -OCH3 is 1. The summed E-state index contributed by atoms with van der Waals surface area (Å²) >= 11 is 7.99. The predicted octanol–water partition coefficient (Wildman–Crippen LogP) is 3.60. The lowest BCUT2D eigenvalue weighted by molar-refractivity contribution is -0.126. The van der Waals surface area contributed by atoms with E-state index in [-0.39, 0.29) is 18.4 Å². The van der Waals surface area contributed by atoms with E-state index >= 15 is 0 Å². The first kappa shape index (κ1) is 17.7. The van der Waals surface area contributed by atoms with Crippen LogP contribution in [-0.2, 0) is 9.59 Å². The van der Waals surface area contributed by atoms with Crippen molar-refractivity contribution in [2.75, 3.05) is 19.0 Å². The van der Waals surface area contributed by atoms with Crippen molar-refractivity contribution in [3.8, 4) is 5.75 Å². The van der Waals surface area contributed by atoms with Crippen LogP contribution in [0, 0.1) is 0 Å². The highest BCUT2D eigenvalue weighted by Gasteiger charge is 2.33. The second-order valence-corrected chi connectivity index (χ2v) is 7.71. The zero-order valence-electron chi connectivity index (χ0n) is 13.2. The van der Waals surface area contributed by atoms with Crippen LogP contribution in [0.5, 0.6) is 5.75 Å². The number of ether oxygens (including phenoxy) is 1. The maximum absolute atomic E-state index is 12.5. The lowest BCUT2D eigenvalue weighted by Gasteiger charge is -2.14. The Hall–Kier alpha value is -2.16. The average molecular weight is 391 g/mol. The fraction of sp³-hybridized carbons (Fsp3) is 0.118. The molecule has 0 bridgehead atoms. The smallest absolute Gasteiger partial charge is 0.266 e. The minimum atomic E-state index is -0.307. The zero-order valence-corrected chi connectivity index (χ0v) is 15.7. The second kappa shape index (κ2) is 7.81. The summed E-state index contributed by atoms with van der Waals surface area (Å²) in [6.07, 6.45) is 1.80. The number of hydrogen-bond acceptors (Lipinski definition) is 6. The highest BCUT2D eigenvalue weighted by atomic mass is 32.2. The minimum absolute atomic E-state index is 0.113. The van der Waals surface area contributed by atoms with Gasteiger partial charge in [-0.05, 0) is 41.8 Å². The van der Waals surface area contributed by atoms with Gasteiger partial charge < -0.3 is 10.1 Å². The molecule has 0 unspecified atom stereocenters. The molecule has 0 spiro atoms. The van der Waals surface area contributed by atoms with Gasteiger partial charge in [-0.3, -0.25) is 14.5 Å². The Bertz CT molecular complexity index is 829. The summed E-state index contributed by atoms with van der Waals surface area (Å²) in [5.41, 5.74) is 0.630. The summed E-state index contributed by atoms with van der Waals surface area (Å²) in [6, 6.07) is 10.8. The first-order chi connectivity index (χ1) is 12.1. The number of thiocarbonyl (C=S) groups is 1. The Morgan fingerprint density at radius 2 is 2.08 bits per heavy atom. The van der Waals surface area contributed by atoms with Crippen LogP contribution >= 0.6 is 35.3 Å². The van der Waals surface area contributed by atoms with Crippen LogP contribution < -0.4 is 10.1 Å². The van der Waals surface area contributed by atoms with E-state index in [2.05, 4.69) is 5.32 Å². The molecular formula is C17H14N2O3S3. The number of rotatable bonds is 5. The average Bonchev–Trinajstić information content (AvgIpc) is 3.20. The maximum atomic E-state index is 12.5. The standard InChI is InChI=1S/C17H14N2O3S3/c1-22-12-6-4-11(5-7-12)18-15(20)10-19-16(21)14(25-17(19)23)9-13-3-2-8-24-13/h2-9H,10H2,1H3,(H,18,20)/b14-9+. The quantitative estimate of drug-likeness (QED) is 0.624. The van der Waals surface area contributed by atoms with E-state index < -0.39 is 0 Å². The van der Waals surface area contributed by atoms with E-state index in [4.69, 9.17) is 17.0 Å². The first-order valence-electron chi connectivity index (χ1n) is 7.29.